The highest BCUT2D eigenvalue weighted by atomic mass is 16.2. The van der Waals surface area contributed by atoms with Gasteiger partial charge in [0.15, 0.2) is 0 Å². The van der Waals surface area contributed by atoms with E-state index in [1.54, 1.807) is 0 Å². The molecule has 2 rings (SSSR count). The second-order valence-corrected chi connectivity index (χ2v) is 6.70. The molecular weight excluding hydrogens is 304 g/mol. The number of carbonyl (C=O) groups excluding carboxylic acids is 2. The molecule has 1 aromatic rings. The molecule has 0 aliphatic carbocycles. The Morgan fingerprint density at radius 3 is 2.42 bits per heavy atom. The van der Waals surface area contributed by atoms with Crippen LogP contribution in [0, 0.1) is 12.8 Å². The summed E-state index contributed by atoms with van der Waals surface area (Å²) >= 11 is 0. The van der Waals surface area contributed by atoms with Gasteiger partial charge >= 0.3 is 6.03 Å². The first-order chi connectivity index (χ1) is 11.5. The van der Waals surface area contributed by atoms with Gasteiger partial charge in [-0.15, -0.1) is 0 Å². The molecule has 1 aromatic carbocycles. The molecule has 1 aliphatic heterocycles. The molecule has 0 saturated carbocycles. The second kappa shape index (κ2) is 8.68. The third kappa shape index (κ3) is 5.53. The van der Waals surface area contributed by atoms with Crippen LogP contribution in [-0.2, 0) is 4.79 Å². The van der Waals surface area contributed by atoms with E-state index in [0.717, 1.165) is 26.2 Å². The number of benzene rings is 1. The molecule has 6 nitrogen and oxygen atoms in total. The van der Waals surface area contributed by atoms with Gasteiger partial charge in [0.05, 0.1) is 6.54 Å². The van der Waals surface area contributed by atoms with Gasteiger partial charge < -0.3 is 10.2 Å². The number of imide groups is 1. The van der Waals surface area contributed by atoms with Crippen molar-refractivity contribution in [2.75, 3.05) is 44.2 Å². The van der Waals surface area contributed by atoms with Gasteiger partial charge in [0.1, 0.15) is 0 Å². The molecule has 0 bridgehead atoms. The molecule has 0 spiro atoms. The Bertz CT molecular complexity index is 566. The Hall–Kier alpha value is -2.08. The largest absolute Gasteiger partial charge is 0.369 e. The van der Waals surface area contributed by atoms with Gasteiger partial charge in [0, 0.05) is 38.4 Å². The summed E-state index contributed by atoms with van der Waals surface area (Å²) in [6.45, 7) is 10.4. The number of anilines is 1. The highest BCUT2D eigenvalue weighted by Gasteiger charge is 2.20. The number of rotatable bonds is 5. The average molecular weight is 332 g/mol. The van der Waals surface area contributed by atoms with Gasteiger partial charge in [-0.25, -0.2) is 4.79 Å². The molecule has 1 aliphatic rings. The average Bonchev–Trinajstić information content (AvgIpc) is 2.54. The van der Waals surface area contributed by atoms with Crippen LogP contribution in [0.5, 0.6) is 0 Å². The molecular formula is C18H28N4O2. The van der Waals surface area contributed by atoms with Gasteiger partial charge in [-0.1, -0.05) is 32.0 Å². The summed E-state index contributed by atoms with van der Waals surface area (Å²) in [5, 5.41) is 5.08. The van der Waals surface area contributed by atoms with E-state index in [0.29, 0.717) is 12.5 Å². The van der Waals surface area contributed by atoms with E-state index in [1.807, 2.05) is 19.9 Å². The second-order valence-electron chi connectivity index (χ2n) is 6.70. The van der Waals surface area contributed by atoms with Crippen LogP contribution in [-0.4, -0.2) is 56.1 Å². The summed E-state index contributed by atoms with van der Waals surface area (Å²) in [7, 11) is 0. The minimum absolute atomic E-state index is 0.249. The van der Waals surface area contributed by atoms with Crippen LogP contribution in [0.15, 0.2) is 24.3 Å². The van der Waals surface area contributed by atoms with E-state index >= 15 is 0 Å². The number of hydrogen-bond donors (Lipinski definition) is 2. The maximum atomic E-state index is 11.9. The summed E-state index contributed by atoms with van der Waals surface area (Å²) in [5.74, 6) is 0.112. The third-order valence-electron chi connectivity index (χ3n) is 4.12. The van der Waals surface area contributed by atoms with E-state index in [9.17, 15) is 9.59 Å². The van der Waals surface area contributed by atoms with Crippen LogP contribution in [0.25, 0.3) is 0 Å². The molecule has 0 radical (unpaired) electrons. The summed E-state index contributed by atoms with van der Waals surface area (Å²) in [5.41, 5.74) is 2.53. The number of piperazine rings is 1. The van der Waals surface area contributed by atoms with Crippen LogP contribution in [0.4, 0.5) is 10.5 Å². The normalized spacial score (nSPS) is 15.4. The smallest absolute Gasteiger partial charge is 0.321 e. The number of aryl methyl sites for hydroxylation is 1. The number of amides is 3. The van der Waals surface area contributed by atoms with Crippen molar-refractivity contribution >= 4 is 17.6 Å². The lowest BCUT2D eigenvalue weighted by Crippen LogP contribution is -2.51. The zero-order valence-electron chi connectivity index (χ0n) is 14.8. The molecule has 1 fully saturated rings. The van der Waals surface area contributed by atoms with Crippen LogP contribution in [0.2, 0.25) is 0 Å². The molecule has 0 aromatic heterocycles. The molecule has 0 atom stereocenters. The Morgan fingerprint density at radius 1 is 1.12 bits per heavy atom. The summed E-state index contributed by atoms with van der Waals surface area (Å²) in [6.07, 6.45) is 0. The number of carbonyl (C=O) groups is 2. The van der Waals surface area contributed by atoms with Gasteiger partial charge in [-0.3, -0.25) is 15.0 Å². The molecule has 6 heteroatoms. The van der Waals surface area contributed by atoms with Gasteiger partial charge in [0.2, 0.25) is 5.91 Å². The summed E-state index contributed by atoms with van der Waals surface area (Å²) in [4.78, 5) is 28.0. The van der Waals surface area contributed by atoms with Crippen molar-refractivity contribution in [3.8, 4) is 0 Å². The maximum absolute atomic E-state index is 11.9. The zero-order chi connectivity index (χ0) is 17.5. The van der Waals surface area contributed by atoms with Gasteiger partial charge in [-0.2, -0.15) is 0 Å². The standard InChI is InChI=1S/C18H28N4O2/c1-14(2)12-19-18(24)20-17(23)13-21-8-10-22(11-9-21)16-7-5-4-6-15(16)3/h4-7,14H,8-13H2,1-3H3,(H2,19,20,23,24). The predicted octanol–water partition coefficient (Wildman–Crippen LogP) is 1.60. The van der Waals surface area contributed by atoms with Crippen LogP contribution < -0.4 is 15.5 Å². The lowest BCUT2D eigenvalue weighted by Gasteiger charge is -2.36. The number of nitrogens with one attached hydrogen (secondary N) is 2. The van der Waals surface area contributed by atoms with Crippen LogP contribution in [0.3, 0.4) is 0 Å². The van der Waals surface area contributed by atoms with Crippen molar-refractivity contribution in [3.05, 3.63) is 29.8 Å². The van der Waals surface area contributed by atoms with Gasteiger partial charge in [0.25, 0.3) is 0 Å². The van der Waals surface area contributed by atoms with Crippen molar-refractivity contribution < 1.29 is 9.59 Å². The number of hydrogen-bond acceptors (Lipinski definition) is 4. The highest BCUT2D eigenvalue weighted by molar-refractivity contribution is 5.95. The topological polar surface area (TPSA) is 64.7 Å². The van der Waals surface area contributed by atoms with Crippen molar-refractivity contribution in [2.45, 2.75) is 20.8 Å². The first-order valence-corrected chi connectivity index (χ1v) is 8.56. The van der Waals surface area contributed by atoms with Crippen molar-refractivity contribution in [3.63, 3.8) is 0 Å². The molecule has 24 heavy (non-hydrogen) atoms. The van der Waals surface area contributed by atoms with E-state index in [-0.39, 0.29) is 12.5 Å². The first kappa shape index (κ1) is 18.3. The monoisotopic (exact) mass is 332 g/mol. The molecule has 0 unspecified atom stereocenters. The van der Waals surface area contributed by atoms with Crippen molar-refractivity contribution in [1.82, 2.24) is 15.5 Å². The van der Waals surface area contributed by atoms with Gasteiger partial charge in [-0.05, 0) is 24.5 Å². The number of para-hydroxylation sites is 1. The van der Waals surface area contributed by atoms with E-state index < -0.39 is 6.03 Å². The van der Waals surface area contributed by atoms with E-state index in [2.05, 4.69) is 45.6 Å². The summed E-state index contributed by atoms with van der Waals surface area (Å²) < 4.78 is 0. The Morgan fingerprint density at radius 2 is 1.79 bits per heavy atom. The summed E-state index contributed by atoms with van der Waals surface area (Å²) in [6, 6.07) is 7.94. The van der Waals surface area contributed by atoms with E-state index in [4.69, 9.17) is 0 Å². The Labute approximate surface area is 144 Å². The Balaban J connectivity index is 1.74. The Kier molecular flexibility index (Phi) is 6.61. The lowest BCUT2D eigenvalue weighted by molar-refractivity contribution is -0.121. The van der Waals surface area contributed by atoms with Crippen LogP contribution in [0.1, 0.15) is 19.4 Å². The number of urea groups is 1. The fourth-order valence-corrected chi connectivity index (χ4v) is 2.78. The fourth-order valence-electron chi connectivity index (χ4n) is 2.78. The van der Waals surface area contributed by atoms with E-state index in [1.165, 1.54) is 11.3 Å². The highest BCUT2D eigenvalue weighted by Crippen LogP contribution is 2.20. The maximum Gasteiger partial charge on any atom is 0.321 e. The molecule has 3 amide bonds. The first-order valence-electron chi connectivity index (χ1n) is 8.56. The number of nitrogens with zero attached hydrogens (tertiary/aromatic N) is 2. The molecule has 1 heterocycles. The SMILES string of the molecule is Cc1ccccc1N1CCN(CC(=O)NC(=O)NCC(C)C)CC1. The molecule has 2 N–H and O–H groups in total. The molecule has 1 saturated heterocycles. The minimum atomic E-state index is -0.410. The fraction of sp³-hybridized carbons (Fsp3) is 0.556. The predicted molar refractivity (Wildman–Crippen MR) is 96.2 cm³/mol. The molecule has 132 valence electrons. The van der Waals surface area contributed by atoms with Crippen molar-refractivity contribution in [2.24, 2.45) is 5.92 Å². The third-order valence-corrected chi connectivity index (χ3v) is 4.12. The van der Waals surface area contributed by atoms with Crippen molar-refractivity contribution in [1.29, 1.82) is 0 Å². The lowest BCUT2D eigenvalue weighted by atomic mass is 10.1. The van der Waals surface area contributed by atoms with Crippen LogP contribution >= 0.6 is 0 Å². The minimum Gasteiger partial charge on any atom is -0.369 e. The zero-order valence-corrected chi connectivity index (χ0v) is 14.8. The quantitative estimate of drug-likeness (QED) is 0.860.